The lowest BCUT2D eigenvalue weighted by Gasteiger charge is -2.35. The van der Waals surface area contributed by atoms with Crippen molar-refractivity contribution in [2.45, 2.75) is 26.8 Å². The van der Waals surface area contributed by atoms with Gasteiger partial charge in [-0.05, 0) is 36.5 Å². The maximum Gasteiger partial charge on any atom is 0.123 e. The molecule has 1 aliphatic rings. The minimum absolute atomic E-state index is 0.439. The summed E-state index contributed by atoms with van der Waals surface area (Å²) in [6, 6.07) is 5.94. The summed E-state index contributed by atoms with van der Waals surface area (Å²) in [4.78, 5) is 2.94. The molecule has 2 unspecified atom stereocenters. The first-order valence-electron chi connectivity index (χ1n) is 7.18. The van der Waals surface area contributed by atoms with E-state index in [0.29, 0.717) is 4.99 Å². The number of thiocarbonyl (C=S) groups is 1. The van der Waals surface area contributed by atoms with Crippen molar-refractivity contribution in [3.05, 3.63) is 29.3 Å². The van der Waals surface area contributed by atoms with Gasteiger partial charge in [0.15, 0.2) is 0 Å². The quantitative estimate of drug-likeness (QED) is 0.866. The van der Waals surface area contributed by atoms with Gasteiger partial charge in [-0.15, -0.1) is 0 Å². The fraction of sp³-hybridized carbons (Fsp3) is 0.562. The standard InChI is InChI=1S/C16H24N2OS/c1-11-6-12(2)9-18(8-11)10-14-7-13(16(17)20)4-5-15(14)19-3/h4-5,7,11-12H,6,8-10H2,1-3H3,(H2,17,20). The Morgan fingerprint density at radius 2 is 2.00 bits per heavy atom. The van der Waals surface area contributed by atoms with Crippen LogP contribution in [-0.4, -0.2) is 30.1 Å². The van der Waals surface area contributed by atoms with Gasteiger partial charge in [0.2, 0.25) is 0 Å². The van der Waals surface area contributed by atoms with E-state index in [1.165, 1.54) is 12.0 Å². The molecule has 1 aliphatic heterocycles. The van der Waals surface area contributed by atoms with Crippen LogP contribution >= 0.6 is 12.2 Å². The summed E-state index contributed by atoms with van der Waals surface area (Å²) in [7, 11) is 1.71. The van der Waals surface area contributed by atoms with Gasteiger partial charge in [-0.1, -0.05) is 26.1 Å². The minimum atomic E-state index is 0.439. The highest BCUT2D eigenvalue weighted by Gasteiger charge is 2.22. The van der Waals surface area contributed by atoms with Gasteiger partial charge in [0.1, 0.15) is 10.7 Å². The highest BCUT2D eigenvalue weighted by Crippen LogP contribution is 2.26. The van der Waals surface area contributed by atoms with Crippen molar-refractivity contribution in [1.82, 2.24) is 4.90 Å². The Labute approximate surface area is 127 Å². The van der Waals surface area contributed by atoms with Crippen LogP contribution in [0.5, 0.6) is 5.75 Å². The molecule has 1 aromatic rings. The molecule has 2 N–H and O–H groups in total. The Morgan fingerprint density at radius 1 is 1.35 bits per heavy atom. The topological polar surface area (TPSA) is 38.5 Å². The number of methoxy groups -OCH3 is 1. The van der Waals surface area contributed by atoms with Crippen LogP contribution in [0.25, 0.3) is 0 Å². The van der Waals surface area contributed by atoms with Gasteiger partial charge >= 0.3 is 0 Å². The molecule has 0 spiro atoms. The fourth-order valence-corrected chi connectivity index (χ4v) is 3.34. The highest BCUT2D eigenvalue weighted by molar-refractivity contribution is 7.80. The van der Waals surface area contributed by atoms with Crippen LogP contribution < -0.4 is 10.5 Å². The number of piperidine rings is 1. The molecule has 2 atom stereocenters. The molecule has 2 rings (SSSR count). The van der Waals surface area contributed by atoms with Crippen LogP contribution in [0.15, 0.2) is 18.2 Å². The van der Waals surface area contributed by atoms with Gasteiger partial charge in [0.05, 0.1) is 7.11 Å². The Kier molecular flexibility index (Phi) is 5.00. The molecule has 0 saturated carbocycles. The molecule has 1 fully saturated rings. The zero-order valence-electron chi connectivity index (χ0n) is 12.6. The maximum absolute atomic E-state index is 5.73. The number of hydrogen-bond donors (Lipinski definition) is 1. The molecule has 0 aliphatic carbocycles. The zero-order valence-corrected chi connectivity index (χ0v) is 13.4. The van der Waals surface area contributed by atoms with Gasteiger partial charge in [-0.2, -0.15) is 0 Å². The normalized spacial score (nSPS) is 23.6. The summed E-state index contributed by atoms with van der Waals surface area (Å²) in [6.45, 7) is 7.83. The lowest BCUT2D eigenvalue weighted by atomic mass is 9.91. The number of ether oxygens (including phenoxy) is 1. The summed E-state index contributed by atoms with van der Waals surface area (Å²) in [5.74, 6) is 2.42. The van der Waals surface area contributed by atoms with Crippen molar-refractivity contribution in [3.63, 3.8) is 0 Å². The first kappa shape index (κ1) is 15.3. The van der Waals surface area contributed by atoms with E-state index in [1.54, 1.807) is 7.11 Å². The molecule has 0 bridgehead atoms. The molecule has 0 aromatic heterocycles. The number of likely N-dealkylation sites (tertiary alicyclic amines) is 1. The van der Waals surface area contributed by atoms with Crippen LogP contribution in [0.3, 0.4) is 0 Å². The van der Waals surface area contributed by atoms with Crippen LogP contribution in [0.1, 0.15) is 31.4 Å². The first-order valence-corrected chi connectivity index (χ1v) is 7.59. The number of hydrogen-bond acceptors (Lipinski definition) is 3. The van der Waals surface area contributed by atoms with E-state index in [9.17, 15) is 0 Å². The molecule has 1 saturated heterocycles. The third-order valence-corrected chi connectivity index (χ3v) is 4.14. The second-order valence-corrected chi connectivity index (χ2v) is 6.47. The van der Waals surface area contributed by atoms with Gasteiger partial charge in [-0.25, -0.2) is 0 Å². The van der Waals surface area contributed by atoms with Crippen molar-refractivity contribution < 1.29 is 4.74 Å². The van der Waals surface area contributed by atoms with Crippen LogP contribution in [-0.2, 0) is 6.54 Å². The van der Waals surface area contributed by atoms with E-state index in [2.05, 4.69) is 24.8 Å². The smallest absolute Gasteiger partial charge is 0.123 e. The predicted octanol–water partition coefficient (Wildman–Crippen LogP) is 2.81. The average Bonchev–Trinajstić information content (AvgIpc) is 2.37. The summed E-state index contributed by atoms with van der Waals surface area (Å²) < 4.78 is 5.46. The molecule has 110 valence electrons. The second-order valence-electron chi connectivity index (χ2n) is 6.03. The minimum Gasteiger partial charge on any atom is -0.496 e. The van der Waals surface area contributed by atoms with Crippen molar-refractivity contribution >= 4 is 17.2 Å². The van der Waals surface area contributed by atoms with E-state index in [-0.39, 0.29) is 0 Å². The molecular weight excluding hydrogens is 268 g/mol. The third-order valence-electron chi connectivity index (χ3n) is 3.90. The molecule has 0 amide bonds. The lowest BCUT2D eigenvalue weighted by Crippen LogP contribution is -2.38. The molecular formula is C16H24N2OS. The summed E-state index contributed by atoms with van der Waals surface area (Å²) >= 11 is 5.07. The van der Waals surface area contributed by atoms with Gasteiger partial charge in [0.25, 0.3) is 0 Å². The lowest BCUT2D eigenvalue weighted by molar-refractivity contribution is 0.133. The van der Waals surface area contributed by atoms with E-state index < -0.39 is 0 Å². The molecule has 20 heavy (non-hydrogen) atoms. The van der Waals surface area contributed by atoms with Crippen molar-refractivity contribution in [1.29, 1.82) is 0 Å². The Balaban J connectivity index is 2.18. The number of nitrogens with zero attached hydrogens (tertiary/aromatic N) is 1. The summed E-state index contributed by atoms with van der Waals surface area (Å²) in [5, 5.41) is 0. The maximum atomic E-state index is 5.73. The third kappa shape index (κ3) is 3.70. The summed E-state index contributed by atoms with van der Waals surface area (Å²) in [5.41, 5.74) is 7.81. The predicted molar refractivity (Wildman–Crippen MR) is 87.1 cm³/mol. The first-order chi connectivity index (χ1) is 9.49. The largest absolute Gasteiger partial charge is 0.496 e. The van der Waals surface area contributed by atoms with Gasteiger partial charge in [-0.3, -0.25) is 4.90 Å². The highest BCUT2D eigenvalue weighted by atomic mass is 32.1. The zero-order chi connectivity index (χ0) is 14.7. The number of benzene rings is 1. The van der Waals surface area contributed by atoms with Gasteiger partial charge < -0.3 is 10.5 Å². The van der Waals surface area contributed by atoms with E-state index in [1.807, 2.05) is 12.1 Å². The van der Waals surface area contributed by atoms with Crippen molar-refractivity contribution in [2.75, 3.05) is 20.2 Å². The van der Waals surface area contributed by atoms with E-state index >= 15 is 0 Å². The molecule has 1 aromatic carbocycles. The van der Waals surface area contributed by atoms with Gasteiger partial charge in [0, 0.05) is 30.8 Å². The fourth-order valence-electron chi connectivity index (χ4n) is 3.22. The van der Waals surface area contributed by atoms with Crippen molar-refractivity contribution in [3.8, 4) is 5.75 Å². The average molecular weight is 292 g/mol. The SMILES string of the molecule is COc1ccc(C(N)=S)cc1CN1CC(C)CC(C)C1. The Hall–Kier alpha value is -1.13. The molecule has 4 heteroatoms. The Morgan fingerprint density at radius 3 is 2.55 bits per heavy atom. The number of rotatable bonds is 4. The monoisotopic (exact) mass is 292 g/mol. The van der Waals surface area contributed by atoms with Crippen molar-refractivity contribution in [2.24, 2.45) is 17.6 Å². The van der Waals surface area contributed by atoms with Crippen LogP contribution in [0.2, 0.25) is 0 Å². The summed E-state index contributed by atoms with van der Waals surface area (Å²) in [6.07, 6.45) is 1.32. The van der Waals surface area contributed by atoms with E-state index in [0.717, 1.165) is 42.8 Å². The van der Waals surface area contributed by atoms with E-state index in [4.69, 9.17) is 22.7 Å². The molecule has 3 nitrogen and oxygen atoms in total. The molecule has 1 heterocycles. The second kappa shape index (κ2) is 6.55. The molecule has 0 radical (unpaired) electrons. The van der Waals surface area contributed by atoms with Crippen LogP contribution in [0, 0.1) is 11.8 Å². The van der Waals surface area contributed by atoms with Crippen LogP contribution in [0.4, 0.5) is 0 Å². The Bertz CT molecular complexity index is 479. The number of nitrogens with two attached hydrogens (primary N) is 1.